The molecule has 2 aromatic carbocycles. The van der Waals surface area contributed by atoms with Crippen molar-refractivity contribution >= 4 is 28.6 Å². The lowest BCUT2D eigenvalue weighted by molar-refractivity contribution is 0.0935. The summed E-state index contributed by atoms with van der Waals surface area (Å²) >= 11 is 5.94. The van der Waals surface area contributed by atoms with Crippen molar-refractivity contribution in [1.29, 1.82) is 5.26 Å². The monoisotopic (exact) mass is 450 g/mol. The van der Waals surface area contributed by atoms with E-state index in [0.29, 0.717) is 59.8 Å². The summed E-state index contributed by atoms with van der Waals surface area (Å²) in [6.45, 7) is 1.24. The van der Waals surface area contributed by atoms with E-state index in [-0.39, 0.29) is 23.8 Å². The zero-order chi connectivity index (χ0) is 22.2. The van der Waals surface area contributed by atoms with Crippen molar-refractivity contribution in [3.63, 3.8) is 0 Å². The van der Waals surface area contributed by atoms with Crippen molar-refractivity contribution in [3.05, 3.63) is 69.2 Å². The van der Waals surface area contributed by atoms with Crippen LogP contribution in [0.1, 0.15) is 24.0 Å². The molecule has 9 heteroatoms. The third-order valence-electron chi connectivity index (χ3n) is 5.91. The summed E-state index contributed by atoms with van der Waals surface area (Å²) in [7, 11) is 0. The first-order chi connectivity index (χ1) is 15.5. The first-order valence-corrected chi connectivity index (χ1v) is 10.7. The maximum Gasteiger partial charge on any atom is 0.410 e. The average molecular weight is 451 g/mol. The molecule has 8 nitrogen and oxygen atoms in total. The summed E-state index contributed by atoms with van der Waals surface area (Å²) in [5, 5.41) is 10.6. The molecular formula is C23H19ClN4O4. The number of carbonyl (C=O) groups is 1. The van der Waals surface area contributed by atoms with E-state index < -0.39 is 0 Å². The average Bonchev–Trinajstić information content (AvgIpc) is 3.17. The number of amides is 1. The molecular weight excluding hydrogens is 432 g/mol. The lowest BCUT2D eigenvalue weighted by atomic mass is 10.0. The fraction of sp³-hybridized carbons (Fsp3) is 0.304. The molecule has 1 aromatic heterocycles. The van der Waals surface area contributed by atoms with Gasteiger partial charge < -0.3 is 14.4 Å². The molecule has 0 saturated carbocycles. The van der Waals surface area contributed by atoms with Crippen molar-refractivity contribution in [2.45, 2.75) is 31.5 Å². The Balaban J connectivity index is 1.44. The minimum atomic E-state index is -0.288. The first-order valence-electron chi connectivity index (χ1n) is 10.3. The summed E-state index contributed by atoms with van der Waals surface area (Å²) in [6.07, 6.45) is 2.26. The number of ether oxygens (including phenoxy) is 2. The highest BCUT2D eigenvalue weighted by Gasteiger charge is 2.39. The van der Waals surface area contributed by atoms with Gasteiger partial charge in [-0.15, -0.1) is 0 Å². The summed E-state index contributed by atoms with van der Waals surface area (Å²) in [6, 6.07) is 12.6. The molecule has 0 spiro atoms. The van der Waals surface area contributed by atoms with Crippen LogP contribution in [0.25, 0.3) is 10.9 Å². The van der Waals surface area contributed by atoms with Crippen LogP contribution in [0.15, 0.2) is 47.5 Å². The van der Waals surface area contributed by atoms with Crippen LogP contribution in [0.2, 0.25) is 5.02 Å². The van der Waals surface area contributed by atoms with Gasteiger partial charge in [-0.05, 0) is 29.8 Å². The third kappa shape index (κ3) is 3.76. The number of fused-ring (bicyclic) bond motifs is 2. The smallest absolute Gasteiger partial charge is 0.410 e. The van der Waals surface area contributed by atoms with E-state index in [1.54, 1.807) is 29.2 Å². The number of nitriles is 1. The van der Waals surface area contributed by atoms with E-state index in [9.17, 15) is 14.9 Å². The quantitative estimate of drug-likeness (QED) is 0.604. The highest BCUT2D eigenvalue weighted by Crippen LogP contribution is 2.30. The Morgan fingerprint density at radius 2 is 2.06 bits per heavy atom. The van der Waals surface area contributed by atoms with E-state index >= 15 is 0 Å². The molecule has 2 saturated heterocycles. The van der Waals surface area contributed by atoms with Gasteiger partial charge in [-0.1, -0.05) is 23.7 Å². The summed E-state index contributed by atoms with van der Waals surface area (Å²) in [4.78, 5) is 30.9. The van der Waals surface area contributed by atoms with E-state index in [1.165, 1.54) is 10.9 Å². The minimum Gasteiger partial charge on any atom is -0.489 e. The van der Waals surface area contributed by atoms with Crippen LogP contribution >= 0.6 is 11.6 Å². The fourth-order valence-corrected chi connectivity index (χ4v) is 4.35. The molecule has 3 aromatic rings. The first kappa shape index (κ1) is 20.3. The Morgan fingerprint density at radius 3 is 2.84 bits per heavy atom. The Morgan fingerprint density at radius 1 is 1.25 bits per heavy atom. The van der Waals surface area contributed by atoms with E-state index in [1.807, 2.05) is 12.1 Å². The van der Waals surface area contributed by atoms with Crippen LogP contribution in [0.4, 0.5) is 4.79 Å². The highest BCUT2D eigenvalue weighted by atomic mass is 35.5. The lowest BCUT2D eigenvalue weighted by Crippen LogP contribution is -2.44. The van der Waals surface area contributed by atoms with Crippen LogP contribution in [0.3, 0.4) is 0 Å². The van der Waals surface area contributed by atoms with Gasteiger partial charge in [0.1, 0.15) is 24.5 Å². The molecule has 162 valence electrons. The maximum atomic E-state index is 13.1. The van der Waals surface area contributed by atoms with Gasteiger partial charge in [-0.2, -0.15) is 5.26 Å². The topological polar surface area (TPSA) is 97.5 Å². The van der Waals surface area contributed by atoms with Crippen molar-refractivity contribution in [2.24, 2.45) is 0 Å². The van der Waals surface area contributed by atoms with Crippen LogP contribution < -0.4 is 10.3 Å². The van der Waals surface area contributed by atoms with E-state index in [2.05, 4.69) is 11.1 Å². The molecule has 0 bridgehead atoms. The number of halogens is 1. The van der Waals surface area contributed by atoms with E-state index in [4.69, 9.17) is 21.1 Å². The molecule has 0 N–H and O–H groups in total. The number of hydrogen-bond acceptors (Lipinski definition) is 6. The van der Waals surface area contributed by atoms with Crippen molar-refractivity contribution in [3.8, 4) is 11.8 Å². The van der Waals surface area contributed by atoms with Gasteiger partial charge in [0.15, 0.2) is 0 Å². The minimum absolute atomic E-state index is 0.0227. The number of aromatic nitrogens is 2. The van der Waals surface area contributed by atoms with Crippen LogP contribution in [0.5, 0.6) is 5.75 Å². The molecule has 0 aliphatic carbocycles. The number of piperidine rings is 1. The van der Waals surface area contributed by atoms with Crippen molar-refractivity contribution in [1.82, 2.24) is 14.5 Å². The lowest BCUT2D eigenvalue weighted by Gasteiger charge is -2.32. The second-order valence-electron chi connectivity index (χ2n) is 7.97. The number of rotatable bonds is 4. The van der Waals surface area contributed by atoms with Gasteiger partial charge >= 0.3 is 6.09 Å². The third-order valence-corrected chi connectivity index (χ3v) is 6.16. The molecule has 2 atom stereocenters. The maximum absolute atomic E-state index is 13.1. The van der Waals surface area contributed by atoms with Crippen LogP contribution in [0, 0.1) is 11.3 Å². The van der Waals surface area contributed by atoms with Crippen molar-refractivity contribution < 1.29 is 14.3 Å². The number of hydrogen-bond donors (Lipinski definition) is 0. The molecule has 2 fully saturated rings. The van der Waals surface area contributed by atoms with Gasteiger partial charge in [-0.3, -0.25) is 9.36 Å². The largest absolute Gasteiger partial charge is 0.489 e. The standard InChI is InChI=1S/C23H19ClN4O4/c24-16-3-1-14(2-4-16)11-27-13-26-20-7-15(10-25)21(9-19(20)22(27)29)32-18-5-6-28-17(8-18)12-31-23(28)30/h1-4,7,9,13,17-18H,5-6,8,11-12H2/t17-,18-/m0/s1. The summed E-state index contributed by atoms with van der Waals surface area (Å²) in [5.74, 6) is 0.354. The van der Waals surface area contributed by atoms with Gasteiger partial charge in [-0.25, -0.2) is 9.78 Å². The number of carbonyl (C=O) groups excluding carboxylic acids is 1. The Bertz CT molecular complexity index is 1300. The van der Waals surface area contributed by atoms with Gasteiger partial charge in [0.05, 0.1) is 35.4 Å². The SMILES string of the molecule is N#Cc1cc2ncn(Cc3ccc(Cl)cc3)c(=O)c2cc1O[C@H]1CCN2C(=O)OC[C@@H]2C1. The summed E-state index contributed by atoms with van der Waals surface area (Å²) < 4.78 is 12.8. The second kappa shape index (κ2) is 8.17. The zero-order valence-corrected chi connectivity index (χ0v) is 17.8. The predicted octanol–water partition coefficient (Wildman–Crippen LogP) is 3.33. The highest BCUT2D eigenvalue weighted by molar-refractivity contribution is 6.30. The Hall–Kier alpha value is -3.57. The number of benzene rings is 2. The zero-order valence-electron chi connectivity index (χ0n) is 17.0. The Labute approximate surface area is 188 Å². The molecule has 3 heterocycles. The number of nitrogens with zero attached hydrogens (tertiary/aromatic N) is 4. The van der Waals surface area contributed by atoms with Crippen molar-refractivity contribution in [2.75, 3.05) is 13.2 Å². The van der Waals surface area contributed by atoms with Gasteiger partial charge in [0, 0.05) is 24.4 Å². The van der Waals surface area contributed by atoms with Crippen LogP contribution in [-0.2, 0) is 11.3 Å². The second-order valence-corrected chi connectivity index (χ2v) is 8.41. The molecule has 32 heavy (non-hydrogen) atoms. The predicted molar refractivity (Wildman–Crippen MR) is 117 cm³/mol. The molecule has 0 radical (unpaired) electrons. The Kier molecular flexibility index (Phi) is 5.19. The van der Waals surface area contributed by atoms with Crippen LogP contribution in [-0.4, -0.2) is 45.8 Å². The van der Waals surface area contributed by atoms with Gasteiger partial charge in [0.2, 0.25) is 0 Å². The fourth-order valence-electron chi connectivity index (χ4n) is 4.22. The van der Waals surface area contributed by atoms with Gasteiger partial charge in [0.25, 0.3) is 5.56 Å². The molecule has 2 aliphatic heterocycles. The molecule has 2 aliphatic rings. The summed E-state index contributed by atoms with van der Waals surface area (Å²) in [5.41, 5.74) is 1.46. The molecule has 5 rings (SSSR count). The molecule has 0 unspecified atom stereocenters. The normalized spacial score (nSPS) is 20.0. The number of cyclic esters (lactones) is 1. The van der Waals surface area contributed by atoms with E-state index in [0.717, 1.165) is 5.56 Å². The molecule has 1 amide bonds.